The van der Waals surface area contributed by atoms with E-state index in [1.54, 1.807) is 0 Å². The van der Waals surface area contributed by atoms with Gasteiger partial charge in [-0.05, 0) is 71.8 Å². The number of aliphatic hydroxyl groups is 1. The Morgan fingerprint density at radius 3 is 2.57 bits per heavy atom. The summed E-state index contributed by atoms with van der Waals surface area (Å²) in [5.41, 5.74) is 10.9. The van der Waals surface area contributed by atoms with E-state index in [2.05, 4.69) is 24.3 Å². The molecule has 1 fully saturated rings. The van der Waals surface area contributed by atoms with Gasteiger partial charge < -0.3 is 29.8 Å². The van der Waals surface area contributed by atoms with Crippen molar-refractivity contribution >= 4 is 6.29 Å². The second-order valence-corrected chi connectivity index (χ2v) is 8.34. The molecule has 3 N–H and O–H groups in total. The van der Waals surface area contributed by atoms with Crippen LogP contribution in [0.2, 0.25) is 0 Å². The molecular weight excluding hydrogens is 442 g/mol. The number of benzene rings is 3. The summed E-state index contributed by atoms with van der Waals surface area (Å²) in [6.07, 6.45) is 4.69. The molecule has 0 aromatic heterocycles. The third-order valence-corrected chi connectivity index (χ3v) is 5.84. The van der Waals surface area contributed by atoms with E-state index in [4.69, 9.17) is 25.1 Å². The fourth-order valence-electron chi connectivity index (χ4n) is 4.06. The molecule has 0 spiro atoms. The average Bonchev–Trinajstić information content (AvgIpc) is 2.93. The predicted molar refractivity (Wildman–Crippen MR) is 138 cm³/mol. The molecule has 0 saturated carbocycles. The number of nitrogens with two attached hydrogens (primary N) is 1. The van der Waals surface area contributed by atoms with Crippen LogP contribution in [-0.4, -0.2) is 37.8 Å². The average molecular weight is 478 g/mol. The molecule has 4 rings (SSSR count). The SMILES string of the molecule is CO.NCc1cccc(-c2cc(COc3ccccc3CC=O)cc(OCC3CCCCO3)c2)c1. The van der Waals surface area contributed by atoms with Gasteiger partial charge in [-0.25, -0.2) is 0 Å². The number of carbonyl (C=O) groups is 1. The lowest BCUT2D eigenvalue weighted by Crippen LogP contribution is -2.25. The van der Waals surface area contributed by atoms with E-state index in [-0.39, 0.29) is 6.10 Å². The summed E-state index contributed by atoms with van der Waals surface area (Å²) in [6, 6.07) is 22.0. The molecule has 0 aliphatic carbocycles. The zero-order chi connectivity index (χ0) is 24.9. The van der Waals surface area contributed by atoms with E-state index in [0.29, 0.717) is 26.2 Å². The molecule has 0 radical (unpaired) electrons. The highest BCUT2D eigenvalue weighted by molar-refractivity contribution is 5.67. The van der Waals surface area contributed by atoms with Gasteiger partial charge in [0.25, 0.3) is 0 Å². The number of para-hydroxylation sites is 1. The minimum atomic E-state index is 0.137. The van der Waals surface area contributed by atoms with Gasteiger partial charge in [0.2, 0.25) is 0 Å². The third kappa shape index (κ3) is 7.92. The van der Waals surface area contributed by atoms with E-state index in [1.165, 1.54) is 6.42 Å². The third-order valence-electron chi connectivity index (χ3n) is 5.84. The largest absolute Gasteiger partial charge is 0.491 e. The summed E-state index contributed by atoms with van der Waals surface area (Å²) in [5.74, 6) is 1.51. The number of hydrogen-bond acceptors (Lipinski definition) is 6. The van der Waals surface area contributed by atoms with Crippen LogP contribution < -0.4 is 15.2 Å². The van der Waals surface area contributed by atoms with Crippen molar-refractivity contribution < 1.29 is 24.1 Å². The van der Waals surface area contributed by atoms with Crippen LogP contribution in [0, 0.1) is 0 Å². The maximum atomic E-state index is 11.0. The number of ether oxygens (including phenoxy) is 3. The number of carbonyl (C=O) groups excluding carboxylic acids is 1. The lowest BCUT2D eigenvalue weighted by Gasteiger charge is -2.23. The number of aliphatic hydroxyl groups excluding tert-OH is 1. The summed E-state index contributed by atoms with van der Waals surface area (Å²) in [7, 11) is 1.00. The molecule has 1 saturated heterocycles. The van der Waals surface area contributed by atoms with E-state index < -0.39 is 0 Å². The molecule has 186 valence electrons. The van der Waals surface area contributed by atoms with Crippen molar-refractivity contribution in [3.8, 4) is 22.6 Å². The molecule has 1 aliphatic rings. The molecule has 0 bridgehead atoms. The zero-order valence-corrected chi connectivity index (χ0v) is 20.3. The molecule has 3 aromatic carbocycles. The summed E-state index contributed by atoms with van der Waals surface area (Å²) in [6.45, 7) is 2.21. The molecule has 6 nitrogen and oxygen atoms in total. The first-order chi connectivity index (χ1) is 17.2. The zero-order valence-electron chi connectivity index (χ0n) is 20.3. The van der Waals surface area contributed by atoms with E-state index in [9.17, 15) is 4.79 Å². The van der Waals surface area contributed by atoms with Crippen LogP contribution in [0.15, 0.2) is 66.7 Å². The van der Waals surface area contributed by atoms with Crippen LogP contribution in [0.5, 0.6) is 11.5 Å². The maximum absolute atomic E-state index is 11.0. The Bertz CT molecular complexity index is 1060. The van der Waals surface area contributed by atoms with E-state index >= 15 is 0 Å². The normalized spacial score (nSPS) is 15.0. The quantitative estimate of drug-likeness (QED) is 0.412. The molecular formula is C29H35NO5. The first-order valence-electron chi connectivity index (χ1n) is 12.0. The molecule has 35 heavy (non-hydrogen) atoms. The van der Waals surface area contributed by atoms with Crippen LogP contribution in [0.4, 0.5) is 0 Å². The minimum Gasteiger partial charge on any atom is -0.491 e. The summed E-state index contributed by atoms with van der Waals surface area (Å²) in [5, 5.41) is 7.00. The maximum Gasteiger partial charge on any atom is 0.124 e. The van der Waals surface area contributed by atoms with Crippen LogP contribution in [-0.2, 0) is 29.1 Å². The monoisotopic (exact) mass is 477 g/mol. The number of hydrogen-bond donors (Lipinski definition) is 2. The molecule has 1 unspecified atom stereocenters. The van der Waals surface area contributed by atoms with Crippen molar-refractivity contribution in [2.45, 2.75) is 44.9 Å². The second kappa shape index (κ2) is 14.3. The molecule has 0 amide bonds. The van der Waals surface area contributed by atoms with Crippen LogP contribution in [0.25, 0.3) is 11.1 Å². The standard InChI is InChI=1S/C28H31NO4.CH4O/c29-18-21-6-5-8-24(14-21)25-15-22(19-33-28-10-2-1-7-23(28)11-12-30)16-27(17-25)32-20-26-9-3-4-13-31-26;1-2/h1-2,5-8,10,12,14-17,26H,3-4,9,11,13,18-20,29H2;2H,1H3. The molecule has 1 heterocycles. The van der Waals surface area contributed by atoms with Crippen molar-refractivity contribution in [2.75, 3.05) is 20.3 Å². The first-order valence-corrected chi connectivity index (χ1v) is 12.0. The highest BCUT2D eigenvalue weighted by atomic mass is 16.5. The Kier molecular flexibility index (Phi) is 10.8. The Morgan fingerprint density at radius 2 is 1.80 bits per heavy atom. The van der Waals surface area contributed by atoms with Crippen LogP contribution in [0.1, 0.15) is 36.0 Å². The van der Waals surface area contributed by atoms with Gasteiger partial charge in [0, 0.05) is 32.2 Å². The fraction of sp³-hybridized carbons (Fsp3) is 0.345. The van der Waals surface area contributed by atoms with Crippen molar-refractivity contribution in [2.24, 2.45) is 5.73 Å². The van der Waals surface area contributed by atoms with E-state index in [0.717, 1.165) is 72.2 Å². The summed E-state index contributed by atoms with van der Waals surface area (Å²) >= 11 is 0. The fourth-order valence-corrected chi connectivity index (χ4v) is 4.06. The number of aldehydes is 1. The lowest BCUT2D eigenvalue weighted by molar-refractivity contribution is -0.107. The molecule has 1 aliphatic heterocycles. The summed E-state index contributed by atoms with van der Waals surface area (Å²) in [4.78, 5) is 11.0. The van der Waals surface area contributed by atoms with Crippen molar-refractivity contribution in [1.82, 2.24) is 0 Å². The van der Waals surface area contributed by atoms with Gasteiger partial charge in [-0.3, -0.25) is 0 Å². The molecule has 3 aromatic rings. The van der Waals surface area contributed by atoms with Crippen molar-refractivity contribution in [3.05, 3.63) is 83.4 Å². The van der Waals surface area contributed by atoms with Crippen LogP contribution in [0.3, 0.4) is 0 Å². The Hall–Kier alpha value is -3.19. The van der Waals surface area contributed by atoms with Gasteiger partial charge in [-0.2, -0.15) is 0 Å². The van der Waals surface area contributed by atoms with Crippen LogP contribution >= 0.6 is 0 Å². The second-order valence-electron chi connectivity index (χ2n) is 8.34. The smallest absolute Gasteiger partial charge is 0.124 e. The Labute approximate surface area is 207 Å². The molecule has 1 atom stereocenters. The molecule has 6 heteroatoms. The van der Waals surface area contributed by atoms with Crippen molar-refractivity contribution in [3.63, 3.8) is 0 Å². The topological polar surface area (TPSA) is 91.0 Å². The Balaban J connectivity index is 0.00000167. The van der Waals surface area contributed by atoms with Gasteiger partial charge in [0.05, 0.1) is 6.10 Å². The van der Waals surface area contributed by atoms with Gasteiger partial charge >= 0.3 is 0 Å². The van der Waals surface area contributed by atoms with Crippen molar-refractivity contribution in [1.29, 1.82) is 0 Å². The van der Waals surface area contributed by atoms with E-state index in [1.807, 2.05) is 42.5 Å². The van der Waals surface area contributed by atoms with Gasteiger partial charge in [0.1, 0.15) is 31.0 Å². The van der Waals surface area contributed by atoms with Gasteiger partial charge in [-0.1, -0.05) is 36.4 Å². The minimum absolute atomic E-state index is 0.137. The number of rotatable bonds is 10. The van der Waals surface area contributed by atoms with Gasteiger partial charge in [-0.15, -0.1) is 0 Å². The predicted octanol–water partition coefficient (Wildman–Crippen LogP) is 4.69. The lowest BCUT2D eigenvalue weighted by atomic mass is 10.0. The highest BCUT2D eigenvalue weighted by Gasteiger charge is 2.15. The van der Waals surface area contributed by atoms with Gasteiger partial charge in [0.15, 0.2) is 0 Å². The first kappa shape index (κ1) is 26.4. The Morgan fingerprint density at radius 1 is 0.971 bits per heavy atom. The highest BCUT2D eigenvalue weighted by Crippen LogP contribution is 2.29. The summed E-state index contributed by atoms with van der Waals surface area (Å²) < 4.78 is 18.1.